The predicted molar refractivity (Wildman–Crippen MR) is 295 cm³/mol. The zero-order valence-electron chi connectivity index (χ0n) is 68.1. The van der Waals surface area contributed by atoms with E-state index in [1.807, 2.05) is 0 Å². The largest absolute Gasteiger partial charge is 0.311 e. The molecule has 0 aromatic heterocycles. The van der Waals surface area contributed by atoms with Gasteiger partial charge in [0.2, 0.25) is 0 Å². The van der Waals surface area contributed by atoms with Gasteiger partial charge in [-0.15, -0.1) is 0 Å². The van der Waals surface area contributed by atoms with Crippen LogP contribution in [0.2, 0.25) is 0 Å². The molecule has 0 unspecified atom stereocenters. The minimum absolute atomic E-state index is 0.0478. The van der Waals surface area contributed by atoms with Crippen LogP contribution in [0.5, 0.6) is 0 Å². The number of para-hydroxylation sites is 2. The summed E-state index contributed by atoms with van der Waals surface area (Å²) in [5.74, 6) is 0. The Morgan fingerprint density at radius 2 is 0.794 bits per heavy atom. The Hall–Kier alpha value is -6.78. The van der Waals surface area contributed by atoms with Gasteiger partial charge in [0, 0.05) is 45.4 Å². The molecule has 0 aliphatic carbocycles. The first kappa shape index (κ1) is 23.0. The maximum atomic E-state index is 10.5. The summed E-state index contributed by atoms with van der Waals surface area (Å²) in [4.78, 5) is 2.79. The highest BCUT2D eigenvalue weighted by Gasteiger charge is 2.45. The van der Waals surface area contributed by atoms with Crippen LogP contribution in [0.1, 0.15) is 144 Å². The van der Waals surface area contributed by atoms with Crippen LogP contribution >= 0.6 is 0 Å². The summed E-state index contributed by atoms with van der Waals surface area (Å²) >= 11 is 0. The molecular formula is C64H66BN3. The first-order chi connectivity index (χ1) is 44.0. The normalized spacial score (nSPS) is 19.3. The van der Waals surface area contributed by atoms with E-state index in [2.05, 4.69) is 0 Å². The van der Waals surface area contributed by atoms with Crippen LogP contribution in [0.3, 0.4) is 0 Å². The van der Waals surface area contributed by atoms with E-state index < -0.39 is 260 Å². The molecule has 2 aliphatic heterocycles. The smallest absolute Gasteiger partial charge is 0.252 e. The summed E-state index contributed by atoms with van der Waals surface area (Å²) in [6.07, 6.45) is 0. The van der Waals surface area contributed by atoms with Crippen LogP contribution in [0, 0.1) is 0 Å². The van der Waals surface area contributed by atoms with Crippen molar-refractivity contribution in [2.75, 3.05) is 14.7 Å². The topological polar surface area (TPSA) is 9.72 Å². The van der Waals surface area contributed by atoms with Gasteiger partial charge in [-0.1, -0.05) is 198 Å². The van der Waals surface area contributed by atoms with Crippen molar-refractivity contribution in [3.8, 4) is 11.1 Å². The standard InChI is InChI=1S/C64H66BN3/c1-61(2,3)44-27-33-49(34-28-44)67-56-37-31-46(63(7,8)9)39-53(56)65-54-40-47(64(10,11)12)32-38-57(54)68(50-35-29-45(30-36-50)62(4,5)6)59-42-51(41-58(67)60(59)65)66(48-23-17-14-18-24-48)55-26-20-19-25-52(55)43-21-15-13-16-22-43/h13-42H,1-12H3/i13D,14D,15D,16D,17D,18D,19D,20D,21D,22D,23D,24D,25D,26D,27D,28D,29D,30D,31D,32D,33D,34D,35D,36D,37D,38D,39D,40D. The SMILES string of the molecule is [2H]c1c([2H])c([2H])c(-c2c([2H])c([2H])c([2H])c([2H])c2N(c2cc3c4c(c2)N(c2c([2H])c([2H])c(C(C)(C)C)c([2H])c2[2H])c2c([2H])c([2H])c(C(C)(C)C)c([2H])c2B4c2c([2H])c(C(C)(C)C)c([2H])c([2H])c2N3c2c([2H])c([2H])c(C(C)(C)C)c([2H])c2[2H])c2c([2H])c([2H])c([2H])c([2H])c2[2H])c([2H])c1[2H]. The highest BCUT2D eigenvalue weighted by atomic mass is 15.2. The highest BCUT2D eigenvalue weighted by molar-refractivity contribution is 7.00. The van der Waals surface area contributed by atoms with Crippen molar-refractivity contribution in [1.29, 1.82) is 0 Å². The van der Waals surface area contributed by atoms with E-state index in [4.69, 9.17) is 6.85 Å². The summed E-state index contributed by atoms with van der Waals surface area (Å²) in [6, 6.07) is -21.4. The first-order valence-corrected chi connectivity index (χ1v) is 22.3. The van der Waals surface area contributed by atoms with E-state index in [1.165, 1.54) is 0 Å². The molecule has 4 heteroatoms. The fourth-order valence-corrected chi connectivity index (χ4v) is 8.23. The molecule has 0 spiro atoms. The van der Waals surface area contributed by atoms with Crippen LogP contribution in [-0.4, -0.2) is 6.71 Å². The zero-order valence-corrected chi connectivity index (χ0v) is 40.1. The second-order valence-electron chi connectivity index (χ2n) is 21.0. The van der Waals surface area contributed by atoms with Crippen LogP contribution in [0.15, 0.2) is 181 Å². The lowest BCUT2D eigenvalue weighted by Crippen LogP contribution is -2.61. The zero-order chi connectivity index (χ0) is 72.3. The van der Waals surface area contributed by atoms with Gasteiger partial charge in [0.15, 0.2) is 0 Å². The van der Waals surface area contributed by atoms with Crippen LogP contribution in [0.4, 0.5) is 51.2 Å². The minimum atomic E-state index is -1.73. The molecule has 0 amide bonds. The third-order valence-corrected chi connectivity index (χ3v) is 11.8. The van der Waals surface area contributed by atoms with Gasteiger partial charge >= 0.3 is 0 Å². The number of anilines is 9. The number of hydrogen-bond donors (Lipinski definition) is 0. The van der Waals surface area contributed by atoms with Crippen molar-refractivity contribution in [3.05, 3.63) is 204 Å². The van der Waals surface area contributed by atoms with Gasteiger partial charge in [-0.25, -0.2) is 0 Å². The Kier molecular flexibility index (Phi) is 5.58. The van der Waals surface area contributed by atoms with Gasteiger partial charge in [0.05, 0.1) is 49.8 Å². The summed E-state index contributed by atoms with van der Waals surface area (Å²) in [5.41, 5.74) is -13.0. The average Bonchev–Trinajstić information content (AvgIpc) is 0.672. The summed E-state index contributed by atoms with van der Waals surface area (Å²) in [7, 11) is 0. The number of rotatable bonds is 6. The molecule has 0 N–H and O–H groups in total. The molecule has 2 aliphatic rings. The van der Waals surface area contributed by atoms with Crippen LogP contribution in [-0.2, 0) is 21.7 Å². The van der Waals surface area contributed by atoms with Crippen molar-refractivity contribution >= 4 is 74.3 Å². The highest BCUT2D eigenvalue weighted by Crippen LogP contribution is 2.50. The average molecular weight is 916 g/mol. The summed E-state index contributed by atoms with van der Waals surface area (Å²) < 4.78 is 270. The van der Waals surface area contributed by atoms with E-state index in [-0.39, 0.29) is 38.6 Å². The monoisotopic (exact) mass is 916 g/mol. The fourth-order valence-electron chi connectivity index (χ4n) is 8.23. The van der Waals surface area contributed by atoms with Crippen molar-refractivity contribution < 1.29 is 38.4 Å². The lowest BCUT2D eigenvalue weighted by molar-refractivity contribution is 0.590. The minimum Gasteiger partial charge on any atom is -0.311 e. The fraction of sp³-hybridized carbons (Fsp3) is 0.250. The van der Waals surface area contributed by atoms with Gasteiger partial charge in [-0.2, -0.15) is 0 Å². The lowest BCUT2D eigenvalue weighted by Gasteiger charge is -2.45. The maximum Gasteiger partial charge on any atom is 0.252 e. The van der Waals surface area contributed by atoms with Gasteiger partial charge < -0.3 is 14.7 Å². The van der Waals surface area contributed by atoms with E-state index in [1.54, 1.807) is 83.1 Å². The number of fused-ring (bicyclic) bond motifs is 4. The Morgan fingerprint density at radius 1 is 0.397 bits per heavy atom. The van der Waals surface area contributed by atoms with E-state index >= 15 is 0 Å². The van der Waals surface area contributed by atoms with Gasteiger partial charge in [0.25, 0.3) is 6.71 Å². The number of benzene rings is 8. The van der Waals surface area contributed by atoms with Gasteiger partial charge in [-0.3, -0.25) is 0 Å². The van der Waals surface area contributed by atoms with Crippen LogP contribution in [0.25, 0.3) is 11.1 Å². The first-order valence-electron chi connectivity index (χ1n) is 36.3. The summed E-state index contributed by atoms with van der Waals surface area (Å²) in [5, 5.41) is 0. The summed E-state index contributed by atoms with van der Waals surface area (Å²) in [6.45, 7) is 18.2. The Bertz CT molecular complexity index is 4520. The molecule has 0 fully saturated rings. The van der Waals surface area contributed by atoms with Crippen molar-refractivity contribution in [1.82, 2.24) is 0 Å². The lowest BCUT2D eigenvalue weighted by atomic mass is 9.33. The second kappa shape index (κ2) is 16.5. The second-order valence-corrected chi connectivity index (χ2v) is 21.0. The van der Waals surface area contributed by atoms with Crippen molar-refractivity contribution in [2.45, 2.75) is 105 Å². The quantitative estimate of drug-likeness (QED) is 0.154. The Balaban J connectivity index is 1.63. The molecule has 68 heavy (non-hydrogen) atoms. The number of nitrogens with zero attached hydrogens (tertiary/aromatic N) is 3. The van der Waals surface area contributed by atoms with E-state index in [0.717, 1.165) is 21.9 Å². The van der Waals surface area contributed by atoms with Crippen molar-refractivity contribution in [2.24, 2.45) is 0 Å². The molecule has 8 aromatic rings. The molecule has 0 radical (unpaired) electrons. The maximum absolute atomic E-state index is 10.5. The van der Waals surface area contributed by atoms with Crippen molar-refractivity contribution in [3.63, 3.8) is 0 Å². The number of hydrogen-bond acceptors (Lipinski definition) is 3. The molecule has 3 nitrogen and oxygen atoms in total. The molecule has 0 saturated heterocycles. The predicted octanol–water partition coefficient (Wildman–Crippen LogP) is 16.1. The van der Waals surface area contributed by atoms with Gasteiger partial charge in [0.1, 0.15) is 0 Å². The Morgan fingerprint density at radius 3 is 1.24 bits per heavy atom. The Labute approximate surface area is 446 Å². The molecule has 0 saturated carbocycles. The molecule has 2 heterocycles. The third-order valence-electron chi connectivity index (χ3n) is 11.8. The van der Waals surface area contributed by atoms with Gasteiger partial charge in [-0.05, 0) is 132 Å². The molecular weight excluding hydrogens is 822 g/mol. The molecule has 10 rings (SSSR count). The van der Waals surface area contributed by atoms with Crippen LogP contribution < -0.4 is 31.1 Å². The van der Waals surface area contributed by atoms with E-state index in [9.17, 15) is 31.5 Å². The molecule has 340 valence electrons. The molecule has 0 atom stereocenters. The molecule has 8 aromatic carbocycles. The van der Waals surface area contributed by atoms with E-state index in [0.29, 0.717) is 4.90 Å². The molecule has 0 bridgehead atoms. The third kappa shape index (κ3) is 8.02.